The number of pyridine rings is 1. The molecule has 0 saturated carbocycles. The Morgan fingerprint density at radius 2 is 1.95 bits per heavy atom. The van der Waals surface area contributed by atoms with Gasteiger partial charge in [-0.05, 0) is 37.1 Å². The molecule has 0 saturated heterocycles. The van der Waals surface area contributed by atoms with Crippen molar-refractivity contribution in [2.45, 2.75) is 25.2 Å². The molecule has 6 rings (SSSR count). The number of hydrogen-bond acceptors (Lipinski definition) is 7. The Morgan fingerprint density at radius 3 is 2.73 bits per heavy atom. The number of nitrogens with two attached hydrogens (primary N) is 1. The van der Waals surface area contributed by atoms with Crippen molar-refractivity contribution in [3.05, 3.63) is 99.2 Å². The number of fused-ring (bicyclic) bond motifs is 1. The molecular formula is C28H19ClFN5OS. The lowest BCUT2D eigenvalue weighted by Crippen LogP contribution is -2.39. The lowest BCUT2D eigenvalue weighted by molar-refractivity contribution is -0.116. The highest BCUT2D eigenvalue weighted by atomic mass is 35.5. The minimum Gasteiger partial charge on any atom is -0.384 e. The van der Waals surface area contributed by atoms with Crippen LogP contribution in [0.15, 0.2) is 82.6 Å². The van der Waals surface area contributed by atoms with Gasteiger partial charge in [0, 0.05) is 44.6 Å². The van der Waals surface area contributed by atoms with Crippen LogP contribution in [0.3, 0.4) is 0 Å². The number of benzene rings is 2. The average Bonchev–Trinajstić information content (AvgIpc) is 3.38. The summed E-state index contributed by atoms with van der Waals surface area (Å²) in [7, 11) is 0. The number of Topliss-reactive ketones (excluding diaryl/α,β-unsaturated/α-hetero) is 1. The zero-order valence-electron chi connectivity index (χ0n) is 19.4. The second kappa shape index (κ2) is 9.11. The number of allylic oxidation sites excluding steroid dienone is 3. The first-order valence-corrected chi connectivity index (χ1v) is 12.9. The average molecular weight is 528 g/mol. The number of anilines is 1. The SMILES string of the molecule is N#CC1=C(N)N(c2nc(-c3ccccc3)cs2)C2=C(C(=O)CCC2)C1c1cc2cc(Cl)ccc2nc1F. The summed E-state index contributed by atoms with van der Waals surface area (Å²) in [6.07, 6.45) is 1.48. The van der Waals surface area contributed by atoms with Gasteiger partial charge in [0.05, 0.1) is 28.8 Å². The van der Waals surface area contributed by atoms with Crippen LogP contribution in [0.4, 0.5) is 9.52 Å². The van der Waals surface area contributed by atoms with E-state index in [-0.39, 0.29) is 22.7 Å². The van der Waals surface area contributed by atoms with Crippen LogP contribution in [-0.4, -0.2) is 15.8 Å². The van der Waals surface area contributed by atoms with Gasteiger partial charge in [-0.1, -0.05) is 41.9 Å². The van der Waals surface area contributed by atoms with E-state index in [0.717, 1.165) is 11.3 Å². The zero-order chi connectivity index (χ0) is 25.7. The Morgan fingerprint density at radius 1 is 1.14 bits per heavy atom. The molecule has 0 amide bonds. The van der Waals surface area contributed by atoms with Crippen molar-refractivity contribution < 1.29 is 9.18 Å². The van der Waals surface area contributed by atoms with Crippen molar-refractivity contribution in [1.82, 2.24) is 9.97 Å². The quantitative estimate of drug-likeness (QED) is 0.307. The molecule has 0 radical (unpaired) electrons. The van der Waals surface area contributed by atoms with Crippen molar-refractivity contribution in [2.75, 3.05) is 4.90 Å². The first-order chi connectivity index (χ1) is 18.0. The minimum absolute atomic E-state index is 0.0903. The number of hydrogen-bond donors (Lipinski definition) is 1. The monoisotopic (exact) mass is 527 g/mol. The van der Waals surface area contributed by atoms with Gasteiger partial charge in [-0.2, -0.15) is 9.65 Å². The largest absolute Gasteiger partial charge is 0.384 e. The minimum atomic E-state index is -0.964. The fraction of sp³-hybridized carbons (Fsp3) is 0.143. The van der Waals surface area contributed by atoms with Gasteiger partial charge in [0.2, 0.25) is 5.95 Å². The Hall–Kier alpha value is -4.06. The molecule has 37 heavy (non-hydrogen) atoms. The number of nitrogens with zero attached hydrogens (tertiary/aromatic N) is 4. The third-order valence-electron chi connectivity index (χ3n) is 6.73. The summed E-state index contributed by atoms with van der Waals surface area (Å²) in [5, 5.41) is 13.8. The highest BCUT2D eigenvalue weighted by molar-refractivity contribution is 7.14. The first-order valence-electron chi connectivity index (χ1n) is 11.7. The smallest absolute Gasteiger partial charge is 0.217 e. The van der Waals surface area contributed by atoms with Crippen LogP contribution in [0.1, 0.15) is 30.7 Å². The molecule has 0 fully saturated rings. The second-order valence-electron chi connectivity index (χ2n) is 8.90. The lowest BCUT2D eigenvalue weighted by Gasteiger charge is -2.38. The molecule has 2 aromatic heterocycles. The summed E-state index contributed by atoms with van der Waals surface area (Å²) in [5.74, 6) is -1.71. The van der Waals surface area contributed by atoms with Crippen LogP contribution in [0.25, 0.3) is 22.2 Å². The predicted octanol–water partition coefficient (Wildman–Crippen LogP) is 6.46. The van der Waals surface area contributed by atoms with E-state index in [1.807, 2.05) is 35.7 Å². The molecule has 4 aromatic rings. The summed E-state index contributed by atoms with van der Waals surface area (Å²) < 4.78 is 15.5. The van der Waals surface area contributed by atoms with Crippen molar-refractivity contribution >= 4 is 44.8 Å². The normalized spacial score (nSPS) is 17.8. The van der Waals surface area contributed by atoms with Gasteiger partial charge in [0.25, 0.3) is 0 Å². The fourth-order valence-corrected chi connectivity index (χ4v) is 6.12. The van der Waals surface area contributed by atoms with Gasteiger partial charge < -0.3 is 5.73 Å². The number of thiazole rings is 1. The number of rotatable bonds is 3. The van der Waals surface area contributed by atoms with E-state index < -0.39 is 11.9 Å². The zero-order valence-corrected chi connectivity index (χ0v) is 21.0. The van der Waals surface area contributed by atoms with E-state index in [9.17, 15) is 10.1 Å². The summed E-state index contributed by atoms with van der Waals surface area (Å²) in [4.78, 5) is 24.0. The summed E-state index contributed by atoms with van der Waals surface area (Å²) >= 11 is 7.54. The van der Waals surface area contributed by atoms with Gasteiger partial charge in [-0.25, -0.2) is 9.97 Å². The second-order valence-corrected chi connectivity index (χ2v) is 10.2. The number of ketones is 1. The molecule has 6 nitrogen and oxygen atoms in total. The summed E-state index contributed by atoms with van der Waals surface area (Å²) in [5.41, 5.74) is 10.00. The standard InChI is InChI=1S/C28H19ClFN5OS/c29-17-9-10-20-16(11-17)12-18(26(30)33-20)24-19(13-31)27(32)35(22-7-4-8-23(36)25(22)24)28-34-21(14-37-28)15-5-2-1-3-6-15/h1-3,5-6,9-12,14,24H,4,7-8,32H2. The highest BCUT2D eigenvalue weighted by Gasteiger charge is 2.42. The van der Waals surface area contributed by atoms with Gasteiger partial charge in [0.15, 0.2) is 10.9 Å². The van der Waals surface area contributed by atoms with E-state index in [2.05, 4.69) is 11.1 Å². The van der Waals surface area contributed by atoms with Crippen molar-refractivity contribution in [3.8, 4) is 17.3 Å². The lowest BCUT2D eigenvalue weighted by atomic mass is 9.76. The molecule has 2 aliphatic rings. The highest BCUT2D eigenvalue weighted by Crippen LogP contribution is 2.47. The van der Waals surface area contributed by atoms with Crippen LogP contribution in [0.5, 0.6) is 0 Å². The third kappa shape index (κ3) is 3.88. The summed E-state index contributed by atoms with van der Waals surface area (Å²) in [6, 6.07) is 18.4. The maximum atomic E-state index is 15.5. The molecule has 1 aliphatic heterocycles. The van der Waals surface area contributed by atoms with Crippen LogP contribution < -0.4 is 10.6 Å². The van der Waals surface area contributed by atoms with E-state index in [1.165, 1.54) is 11.3 Å². The number of aromatic nitrogens is 2. The molecule has 9 heteroatoms. The maximum Gasteiger partial charge on any atom is 0.217 e. The van der Waals surface area contributed by atoms with Gasteiger partial charge in [0.1, 0.15) is 5.82 Å². The Balaban J connectivity index is 1.55. The van der Waals surface area contributed by atoms with Crippen molar-refractivity contribution in [2.24, 2.45) is 5.73 Å². The third-order valence-corrected chi connectivity index (χ3v) is 7.80. The maximum absolute atomic E-state index is 15.5. The van der Waals surface area contributed by atoms with E-state index in [4.69, 9.17) is 22.3 Å². The topological polar surface area (TPSA) is 95.9 Å². The molecule has 2 aromatic carbocycles. The number of nitriles is 1. The molecule has 182 valence electrons. The molecule has 1 atom stereocenters. The van der Waals surface area contributed by atoms with E-state index >= 15 is 4.39 Å². The van der Waals surface area contributed by atoms with Crippen LogP contribution in [-0.2, 0) is 4.79 Å². The van der Waals surface area contributed by atoms with Crippen LogP contribution >= 0.6 is 22.9 Å². The Bertz CT molecular complexity index is 1690. The molecule has 3 heterocycles. The molecule has 0 spiro atoms. The molecule has 1 unspecified atom stereocenters. The molecule has 0 bridgehead atoms. The fourth-order valence-electron chi connectivity index (χ4n) is 5.07. The number of carbonyl (C=O) groups excluding carboxylic acids is 1. The summed E-state index contributed by atoms with van der Waals surface area (Å²) in [6.45, 7) is 0. The predicted molar refractivity (Wildman–Crippen MR) is 142 cm³/mol. The van der Waals surface area contributed by atoms with Crippen LogP contribution in [0.2, 0.25) is 5.02 Å². The van der Waals surface area contributed by atoms with Gasteiger partial charge in [-0.15, -0.1) is 11.3 Å². The first kappa shape index (κ1) is 23.3. The Labute approximate surface area is 221 Å². The van der Waals surface area contributed by atoms with E-state index in [0.29, 0.717) is 51.6 Å². The molecule has 2 N–H and O–H groups in total. The Kier molecular flexibility index (Phi) is 5.75. The van der Waals surface area contributed by atoms with Crippen LogP contribution in [0, 0.1) is 17.3 Å². The molecule has 1 aliphatic carbocycles. The van der Waals surface area contributed by atoms with Gasteiger partial charge >= 0.3 is 0 Å². The number of carbonyl (C=O) groups is 1. The van der Waals surface area contributed by atoms with Crippen molar-refractivity contribution in [3.63, 3.8) is 0 Å². The molecular weight excluding hydrogens is 509 g/mol. The van der Waals surface area contributed by atoms with Crippen molar-refractivity contribution in [1.29, 1.82) is 5.26 Å². The van der Waals surface area contributed by atoms with Gasteiger partial charge in [-0.3, -0.25) is 9.69 Å². The number of halogens is 2. The van der Waals surface area contributed by atoms with E-state index in [1.54, 1.807) is 29.2 Å².